The molecule has 0 bridgehead atoms. The molecular formula is C10H12F3N3O. The molecule has 0 spiro atoms. The summed E-state index contributed by atoms with van der Waals surface area (Å²) in [4.78, 5) is 0. The van der Waals surface area contributed by atoms with E-state index < -0.39 is 18.0 Å². The number of rotatable bonds is 4. The van der Waals surface area contributed by atoms with E-state index >= 15 is 0 Å². The van der Waals surface area contributed by atoms with E-state index in [1.165, 1.54) is 6.07 Å². The van der Waals surface area contributed by atoms with Gasteiger partial charge in [-0.25, -0.2) is 0 Å². The van der Waals surface area contributed by atoms with Crippen molar-refractivity contribution in [3.8, 4) is 0 Å². The second-order valence-corrected chi connectivity index (χ2v) is 4.09. The van der Waals surface area contributed by atoms with Gasteiger partial charge in [0.2, 0.25) is 0 Å². The lowest BCUT2D eigenvalue weighted by Gasteiger charge is -2.11. The lowest BCUT2D eigenvalue weighted by molar-refractivity contribution is -0.141. The fourth-order valence-corrected chi connectivity index (χ4v) is 1.43. The predicted octanol–water partition coefficient (Wildman–Crippen LogP) is 1.68. The summed E-state index contributed by atoms with van der Waals surface area (Å²) >= 11 is 0. The first-order chi connectivity index (χ1) is 7.97. The van der Waals surface area contributed by atoms with Crippen LogP contribution in [-0.2, 0) is 6.18 Å². The molecule has 1 unspecified atom stereocenters. The zero-order valence-corrected chi connectivity index (χ0v) is 8.91. The molecule has 1 aromatic heterocycles. The quantitative estimate of drug-likeness (QED) is 0.849. The second kappa shape index (κ2) is 4.48. The minimum Gasteiger partial charge on any atom is -0.391 e. The van der Waals surface area contributed by atoms with Gasteiger partial charge < -0.3 is 10.4 Å². The number of aromatic nitrogens is 2. The van der Waals surface area contributed by atoms with Gasteiger partial charge in [0.05, 0.1) is 6.10 Å². The summed E-state index contributed by atoms with van der Waals surface area (Å²) < 4.78 is 36.6. The Hall–Kier alpha value is -1.37. The molecule has 0 saturated heterocycles. The lowest BCUT2D eigenvalue weighted by atomic mass is 10.2. The molecule has 0 radical (unpaired) electrons. The molecule has 0 aromatic carbocycles. The van der Waals surface area contributed by atoms with Gasteiger partial charge >= 0.3 is 6.18 Å². The first-order valence-corrected chi connectivity index (χ1v) is 5.29. The average molecular weight is 247 g/mol. The van der Waals surface area contributed by atoms with Gasteiger partial charge in [-0.1, -0.05) is 0 Å². The third-order valence-electron chi connectivity index (χ3n) is 2.61. The van der Waals surface area contributed by atoms with Crippen LogP contribution < -0.4 is 5.32 Å². The monoisotopic (exact) mass is 247 g/mol. The van der Waals surface area contributed by atoms with Gasteiger partial charge in [0, 0.05) is 6.54 Å². The van der Waals surface area contributed by atoms with Crippen molar-refractivity contribution in [2.45, 2.75) is 25.1 Å². The summed E-state index contributed by atoms with van der Waals surface area (Å²) in [5.74, 6) is 0.544. The van der Waals surface area contributed by atoms with Crippen molar-refractivity contribution in [1.82, 2.24) is 10.2 Å². The van der Waals surface area contributed by atoms with Gasteiger partial charge in [0.25, 0.3) is 0 Å². The Morgan fingerprint density at radius 3 is 2.53 bits per heavy atom. The summed E-state index contributed by atoms with van der Waals surface area (Å²) in [6, 6.07) is 2.06. The molecule has 17 heavy (non-hydrogen) atoms. The molecule has 0 aliphatic heterocycles. The Morgan fingerprint density at radius 2 is 2.06 bits per heavy atom. The third kappa shape index (κ3) is 3.29. The van der Waals surface area contributed by atoms with Gasteiger partial charge in [0.1, 0.15) is 5.82 Å². The SMILES string of the molecule is OC(CNc1ccc(C(F)(F)F)nn1)C1CC1. The van der Waals surface area contributed by atoms with E-state index in [4.69, 9.17) is 0 Å². The number of anilines is 1. The van der Waals surface area contributed by atoms with Crippen molar-refractivity contribution in [1.29, 1.82) is 0 Å². The molecule has 1 aliphatic carbocycles. The molecule has 2 rings (SSSR count). The van der Waals surface area contributed by atoms with Crippen LogP contribution in [0.4, 0.5) is 19.0 Å². The zero-order valence-electron chi connectivity index (χ0n) is 8.91. The molecular weight excluding hydrogens is 235 g/mol. The van der Waals surface area contributed by atoms with Crippen LogP contribution in [0.15, 0.2) is 12.1 Å². The van der Waals surface area contributed by atoms with E-state index in [-0.39, 0.29) is 12.4 Å². The largest absolute Gasteiger partial charge is 0.435 e. The number of aliphatic hydroxyl groups excluding tert-OH is 1. The minimum absolute atomic E-state index is 0.234. The van der Waals surface area contributed by atoms with Crippen molar-refractivity contribution >= 4 is 5.82 Å². The van der Waals surface area contributed by atoms with Crippen LogP contribution >= 0.6 is 0 Å². The highest BCUT2D eigenvalue weighted by molar-refractivity contribution is 5.33. The molecule has 0 amide bonds. The second-order valence-electron chi connectivity index (χ2n) is 4.09. The van der Waals surface area contributed by atoms with Crippen LogP contribution in [-0.4, -0.2) is 28.0 Å². The van der Waals surface area contributed by atoms with Gasteiger partial charge in [-0.05, 0) is 30.9 Å². The van der Waals surface area contributed by atoms with Crippen LogP contribution in [0.3, 0.4) is 0 Å². The van der Waals surface area contributed by atoms with Gasteiger partial charge in [-0.15, -0.1) is 10.2 Å². The molecule has 1 aliphatic rings. The van der Waals surface area contributed by atoms with E-state index in [1.807, 2.05) is 0 Å². The molecule has 7 heteroatoms. The molecule has 2 N–H and O–H groups in total. The molecule has 1 heterocycles. The Bertz CT molecular complexity index is 375. The summed E-state index contributed by atoms with van der Waals surface area (Å²) in [5.41, 5.74) is -1.02. The topological polar surface area (TPSA) is 58.0 Å². The highest BCUT2D eigenvalue weighted by Gasteiger charge is 2.33. The summed E-state index contributed by atoms with van der Waals surface area (Å²) in [6.45, 7) is 0.282. The van der Waals surface area contributed by atoms with Crippen molar-refractivity contribution in [2.75, 3.05) is 11.9 Å². The van der Waals surface area contributed by atoms with Crippen molar-refractivity contribution in [3.63, 3.8) is 0 Å². The summed E-state index contributed by atoms with van der Waals surface area (Å²) in [5, 5.41) is 18.8. The highest BCUT2D eigenvalue weighted by atomic mass is 19.4. The fourth-order valence-electron chi connectivity index (χ4n) is 1.43. The number of nitrogens with zero attached hydrogens (tertiary/aromatic N) is 2. The number of halogens is 3. The molecule has 4 nitrogen and oxygen atoms in total. The van der Waals surface area contributed by atoms with E-state index in [2.05, 4.69) is 15.5 Å². The first kappa shape index (κ1) is 12.1. The Morgan fingerprint density at radius 1 is 1.35 bits per heavy atom. The van der Waals surface area contributed by atoms with Gasteiger partial charge in [-0.3, -0.25) is 0 Å². The Labute approximate surface area is 95.9 Å². The summed E-state index contributed by atoms with van der Waals surface area (Å²) in [6.07, 6.45) is -2.94. The third-order valence-corrected chi connectivity index (χ3v) is 2.61. The van der Waals surface area contributed by atoms with E-state index in [0.717, 1.165) is 18.9 Å². The standard InChI is InChI=1S/C10H12F3N3O/c11-10(12,13)8-3-4-9(16-15-8)14-5-7(17)6-1-2-6/h3-4,6-7,17H,1-2,5H2,(H,14,16). The first-order valence-electron chi connectivity index (χ1n) is 5.29. The van der Waals surface area contributed by atoms with Crippen molar-refractivity contribution in [3.05, 3.63) is 17.8 Å². The van der Waals surface area contributed by atoms with Crippen molar-refractivity contribution < 1.29 is 18.3 Å². The normalized spacial score (nSPS) is 17.9. The number of hydrogen-bond donors (Lipinski definition) is 2. The van der Waals surface area contributed by atoms with Gasteiger partial charge in [-0.2, -0.15) is 13.2 Å². The number of aliphatic hydroxyl groups is 1. The molecule has 1 atom stereocenters. The molecule has 1 fully saturated rings. The lowest BCUT2D eigenvalue weighted by Crippen LogP contribution is -2.22. The zero-order chi connectivity index (χ0) is 12.5. The molecule has 94 valence electrons. The number of hydrogen-bond acceptors (Lipinski definition) is 4. The van der Waals surface area contributed by atoms with Crippen LogP contribution in [0.25, 0.3) is 0 Å². The van der Waals surface area contributed by atoms with Crippen molar-refractivity contribution in [2.24, 2.45) is 5.92 Å². The van der Waals surface area contributed by atoms with Crippen LogP contribution in [0.2, 0.25) is 0 Å². The number of nitrogens with one attached hydrogen (secondary N) is 1. The van der Waals surface area contributed by atoms with Gasteiger partial charge in [0.15, 0.2) is 5.69 Å². The molecule has 1 saturated carbocycles. The van der Waals surface area contributed by atoms with E-state index in [9.17, 15) is 18.3 Å². The predicted molar refractivity (Wildman–Crippen MR) is 54.3 cm³/mol. The fraction of sp³-hybridized carbons (Fsp3) is 0.600. The maximum Gasteiger partial charge on any atom is 0.435 e. The minimum atomic E-state index is -4.47. The smallest absolute Gasteiger partial charge is 0.391 e. The Kier molecular flexibility index (Phi) is 3.19. The van der Waals surface area contributed by atoms with E-state index in [0.29, 0.717) is 5.92 Å². The van der Waals surface area contributed by atoms with Crippen LogP contribution in [0, 0.1) is 5.92 Å². The van der Waals surface area contributed by atoms with Crippen LogP contribution in [0.1, 0.15) is 18.5 Å². The maximum atomic E-state index is 12.2. The highest BCUT2D eigenvalue weighted by Crippen LogP contribution is 2.32. The number of alkyl halides is 3. The molecule has 1 aromatic rings. The maximum absolute atomic E-state index is 12.2. The van der Waals surface area contributed by atoms with Crippen LogP contribution in [0.5, 0.6) is 0 Å². The average Bonchev–Trinajstić information content (AvgIpc) is 3.09. The summed E-state index contributed by atoms with van der Waals surface area (Å²) in [7, 11) is 0. The van der Waals surface area contributed by atoms with E-state index in [1.54, 1.807) is 0 Å². The Balaban J connectivity index is 1.89.